The number of pyridine rings is 1. The summed E-state index contributed by atoms with van der Waals surface area (Å²) in [7, 11) is 1.50. The molecule has 0 saturated heterocycles. The van der Waals surface area contributed by atoms with Crippen molar-refractivity contribution in [1.82, 2.24) is 10.3 Å². The zero-order valence-corrected chi connectivity index (χ0v) is 11.4. The van der Waals surface area contributed by atoms with Gasteiger partial charge in [0.25, 0.3) is 5.91 Å². The molecule has 1 aromatic carbocycles. The SMILES string of the molecule is COc1cc(C(=O)NC2CC2)nc2c(C)cc(F)cc12. The van der Waals surface area contributed by atoms with E-state index in [-0.39, 0.29) is 17.8 Å². The summed E-state index contributed by atoms with van der Waals surface area (Å²) in [5.41, 5.74) is 1.57. The van der Waals surface area contributed by atoms with Crippen LogP contribution >= 0.6 is 0 Å². The molecular formula is C15H15FN2O2. The topological polar surface area (TPSA) is 51.2 Å². The Balaban J connectivity index is 2.12. The average Bonchev–Trinajstić information content (AvgIpc) is 3.21. The lowest BCUT2D eigenvalue weighted by Gasteiger charge is -2.10. The third-order valence-electron chi connectivity index (χ3n) is 3.40. The lowest BCUT2D eigenvalue weighted by atomic mass is 10.1. The van der Waals surface area contributed by atoms with Crippen LogP contribution < -0.4 is 10.1 Å². The molecule has 1 amide bonds. The summed E-state index contributed by atoms with van der Waals surface area (Å²) in [4.78, 5) is 16.4. The molecule has 0 radical (unpaired) electrons. The van der Waals surface area contributed by atoms with Gasteiger partial charge in [-0.3, -0.25) is 4.79 Å². The highest BCUT2D eigenvalue weighted by atomic mass is 19.1. The van der Waals surface area contributed by atoms with E-state index in [4.69, 9.17) is 4.74 Å². The van der Waals surface area contributed by atoms with Crippen LogP contribution in [-0.4, -0.2) is 24.0 Å². The van der Waals surface area contributed by atoms with E-state index in [9.17, 15) is 9.18 Å². The molecule has 0 bridgehead atoms. The molecule has 1 heterocycles. The van der Waals surface area contributed by atoms with Gasteiger partial charge in [0.05, 0.1) is 12.6 Å². The normalized spacial score (nSPS) is 14.3. The van der Waals surface area contributed by atoms with Crippen molar-refractivity contribution in [3.63, 3.8) is 0 Å². The van der Waals surface area contributed by atoms with E-state index in [2.05, 4.69) is 10.3 Å². The summed E-state index contributed by atoms with van der Waals surface area (Å²) in [6, 6.07) is 4.59. The number of fused-ring (bicyclic) bond motifs is 1. The Kier molecular flexibility index (Phi) is 3.04. The van der Waals surface area contributed by atoms with Crippen LogP contribution in [0.3, 0.4) is 0 Å². The predicted molar refractivity (Wildman–Crippen MR) is 73.5 cm³/mol. The molecule has 20 heavy (non-hydrogen) atoms. The number of hydrogen-bond acceptors (Lipinski definition) is 3. The number of aromatic nitrogens is 1. The quantitative estimate of drug-likeness (QED) is 0.936. The first kappa shape index (κ1) is 12.8. The van der Waals surface area contributed by atoms with Crippen LogP contribution in [-0.2, 0) is 0 Å². The summed E-state index contributed by atoms with van der Waals surface area (Å²) in [5, 5.41) is 3.46. The van der Waals surface area contributed by atoms with Gasteiger partial charge in [-0.05, 0) is 37.5 Å². The smallest absolute Gasteiger partial charge is 0.270 e. The first-order valence-corrected chi connectivity index (χ1v) is 6.54. The number of aryl methyl sites for hydroxylation is 1. The lowest BCUT2D eigenvalue weighted by Crippen LogP contribution is -2.26. The Hall–Kier alpha value is -2.17. The molecule has 4 nitrogen and oxygen atoms in total. The predicted octanol–water partition coefficient (Wildman–Crippen LogP) is 2.58. The van der Waals surface area contributed by atoms with E-state index in [1.54, 1.807) is 13.0 Å². The minimum atomic E-state index is -0.342. The van der Waals surface area contributed by atoms with Gasteiger partial charge < -0.3 is 10.1 Å². The van der Waals surface area contributed by atoms with Crippen LogP contribution in [0.5, 0.6) is 5.75 Å². The number of amides is 1. The molecule has 2 aromatic rings. The Bertz CT molecular complexity index is 696. The standard InChI is InChI=1S/C15H15FN2O2/c1-8-5-9(16)6-11-13(20-2)7-12(18-14(8)11)15(19)17-10-3-4-10/h5-7,10H,3-4H2,1-2H3,(H,17,19). The summed E-state index contributed by atoms with van der Waals surface area (Å²) < 4.78 is 18.8. The highest BCUT2D eigenvalue weighted by Gasteiger charge is 2.25. The molecule has 104 valence electrons. The molecule has 3 rings (SSSR count). The fraction of sp³-hybridized carbons (Fsp3) is 0.333. The first-order valence-electron chi connectivity index (χ1n) is 6.54. The van der Waals surface area contributed by atoms with Crippen LogP contribution in [0.15, 0.2) is 18.2 Å². The number of methoxy groups -OCH3 is 1. The fourth-order valence-corrected chi connectivity index (χ4v) is 2.20. The maximum absolute atomic E-state index is 13.5. The monoisotopic (exact) mass is 274 g/mol. The van der Waals surface area contributed by atoms with Gasteiger partial charge in [0.2, 0.25) is 0 Å². The molecule has 1 aliphatic carbocycles. The van der Waals surface area contributed by atoms with Crippen LogP contribution in [0, 0.1) is 12.7 Å². The van der Waals surface area contributed by atoms with E-state index in [1.165, 1.54) is 19.2 Å². The van der Waals surface area contributed by atoms with Crippen molar-refractivity contribution >= 4 is 16.8 Å². The van der Waals surface area contributed by atoms with Crippen molar-refractivity contribution in [3.05, 3.63) is 35.3 Å². The van der Waals surface area contributed by atoms with Crippen molar-refractivity contribution in [1.29, 1.82) is 0 Å². The number of ether oxygens (including phenoxy) is 1. The van der Waals surface area contributed by atoms with Crippen molar-refractivity contribution in [2.24, 2.45) is 0 Å². The Morgan fingerprint density at radius 3 is 2.80 bits per heavy atom. The van der Waals surface area contributed by atoms with Gasteiger partial charge in [-0.2, -0.15) is 0 Å². The van der Waals surface area contributed by atoms with Gasteiger partial charge in [-0.15, -0.1) is 0 Å². The van der Waals surface area contributed by atoms with Gasteiger partial charge in [0.15, 0.2) is 0 Å². The Morgan fingerprint density at radius 1 is 1.40 bits per heavy atom. The third-order valence-corrected chi connectivity index (χ3v) is 3.40. The van der Waals surface area contributed by atoms with E-state index < -0.39 is 0 Å². The van der Waals surface area contributed by atoms with Crippen molar-refractivity contribution in [2.45, 2.75) is 25.8 Å². The minimum absolute atomic E-state index is 0.212. The second kappa shape index (κ2) is 4.74. The van der Waals surface area contributed by atoms with Crippen molar-refractivity contribution < 1.29 is 13.9 Å². The van der Waals surface area contributed by atoms with Crippen LogP contribution in [0.4, 0.5) is 4.39 Å². The molecule has 1 aromatic heterocycles. The lowest BCUT2D eigenvalue weighted by molar-refractivity contribution is 0.0946. The van der Waals surface area contributed by atoms with Crippen molar-refractivity contribution in [2.75, 3.05) is 7.11 Å². The number of nitrogens with one attached hydrogen (secondary N) is 1. The third kappa shape index (κ3) is 2.31. The van der Waals surface area contributed by atoms with Gasteiger partial charge in [0, 0.05) is 17.5 Å². The molecular weight excluding hydrogens is 259 g/mol. The average molecular weight is 274 g/mol. The van der Waals surface area contributed by atoms with Gasteiger partial charge >= 0.3 is 0 Å². The molecule has 1 fully saturated rings. The Labute approximate surface area is 116 Å². The molecule has 0 aliphatic heterocycles. The molecule has 0 atom stereocenters. The maximum Gasteiger partial charge on any atom is 0.270 e. The fourth-order valence-electron chi connectivity index (χ4n) is 2.20. The molecule has 1 saturated carbocycles. The van der Waals surface area contributed by atoms with Gasteiger partial charge in [-0.1, -0.05) is 0 Å². The highest BCUT2D eigenvalue weighted by molar-refractivity contribution is 5.98. The number of benzene rings is 1. The van der Waals surface area contributed by atoms with E-state index in [0.717, 1.165) is 12.8 Å². The number of hydrogen-bond donors (Lipinski definition) is 1. The van der Waals surface area contributed by atoms with Crippen LogP contribution in [0.25, 0.3) is 10.9 Å². The van der Waals surface area contributed by atoms with E-state index in [0.29, 0.717) is 27.9 Å². The molecule has 0 unspecified atom stereocenters. The Morgan fingerprint density at radius 2 is 2.15 bits per heavy atom. The zero-order valence-electron chi connectivity index (χ0n) is 11.4. The summed E-state index contributed by atoms with van der Waals surface area (Å²) >= 11 is 0. The summed E-state index contributed by atoms with van der Waals surface area (Å²) in [6.07, 6.45) is 2.03. The van der Waals surface area contributed by atoms with Crippen molar-refractivity contribution in [3.8, 4) is 5.75 Å². The summed E-state index contributed by atoms with van der Waals surface area (Å²) in [6.45, 7) is 1.76. The molecule has 0 spiro atoms. The number of carbonyl (C=O) groups excluding carboxylic acids is 1. The largest absolute Gasteiger partial charge is 0.496 e. The molecule has 5 heteroatoms. The van der Waals surface area contributed by atoms with Gasteiger partial charge in [0.1, 0.15) is 17.3 Å². The molecule has 1 aliphatic rings. The number of nitrogens with zero attached hydrogens (tertiary/aromatic N) is 1. The summed E-state index contributed by atoms with van der Waals surface area (Å²) in [5.74, 6) is -0.0970. The van der Waals surface area contributed by atoms with Crippen LogP contribution in [0.2, 0.25) is 0 Å². The van der Waals surface area contributed by atoms with E-state index in [1.807, 2.05) is 0 Å². The first-order chi connectivity index (χ1) is 9.58. The number of rotatable bonds is 3. The number of carbonyl (C=O) groups is 1. The zero-order chi connectivity index (χ0) is 14.3. The van der Waals surface area contributed by atoms with Crippen LogP contribution in [0.1, 0.15) is 28.9 Å². The van der Waals surface area contributed by atoms with Gasteiger partial charge in [-0.25, -0.2) is 9.37 Å². The maximum atomic E-state index is 13.5. The highest BCUT2D eigenvalue weighted by Crippen LogP contribution is 2.29. The minimum Gasteiger partial charge on any atom is -0.496 e. The number of halogens is 1. The molecule has 1 N–H and O–H groups in total. The van der Waals surface area contributed by atoms with E-state index >= 15 is 0 Å². The second-order valence-electron chi connectivity index (χ2n) is 5.08. The second-order valence-corrected chi connectivity index (χ2v) is 5.08.